The van der Waals surface area contributed by atoms with E-state index in [2.05, 4.69) is 10.6 Å². The number of carbonyl (C=O) groups excluding carboxylic acids is 2. The Morgan fingerprint density at radius 1 is 1.04 bits per heavy atom. The van der Waals surface area contributed by atoms with E-state index in [0.29, 0.717) is 6.54 Å². The largest absolute Gasteiger partial charge is 0.497 e. The summed E-state index contributed by atoms with van der Waals surface area (Å²) < 4.78 is 5.13. The first-order chi connectivity index (χ1) is 13.1. The Morgan fingerprint density at radius 3 is 2.48 bits per heavy atom. The average molecular weight is 387 g/mol. The number of nitrogens with one attached hydrogen (secondary N) is 2. The van der Waals surface area contributed by atoms with Crippen LogP contribution < -0.4 is 15.4 Å². The zero-order valence-corrected chi connectivity index (χ0v) is 16.6. The molecule has 2 N–H and O–H groups in total. The van der Waals surface area contributed by atoms with Crippen molar-refractivity contribution in [1.82, 2.24) is 5.32 Å². The predicted octanol–water partition coefficient (Wildman–Crippen LogP) is 3.42. The molecular weight excluding hydrogens is 360 g/mol. The minimum Gasteiger partial charge on any atom is -0.497 e. The van der Waals surface area contributed by atoms with Crippen LogP contribution in [0.15, 0.2) is 48.5 Å². The van der Waals surface area contributed by atoms with Crippen LogP contribution in [0.4, 0.5) is 5.69 Å². The standard InChI is InChI=1S/C21H26N2O3S/c1-16-5-3-7-18(13-16)23-21(25)15-27-14-20(24)22-12-4-6-17-8-10-19(26-2)11-9-17/h3,5,7-11,13H,4,6,12,14-15H2,1-2H3,(H,22,24)(H,23,25). The van der Waals surface area contributed by atoms with E-state index in [1.54, 1.807) is 7.11 Å². The highest BCUT2D eigenvalue weighted by Crippen LogP contribution is 2.12. The number of rotatable bonds is 10. The second-order valence-electron chi connectivity index (χ2n) is 6.21. The Bertz CT molecular complexity index is 747. The molecule has 0 atom stereocenters. The summed E-state index contributed by atoms with van der Waals surface area (Å²) in [6.07, 6.45) is 1.77. The van der Waals surface area contributed by atoms with Gasteiger partial charge in [0.2, 0.25) is 11.8 Å². The molecule has 2 amide bonds. The molecule has 0 aliphatic carbocycles. The molecule has 2 rings (SSSR count). The van der Waals surface area contributed by atoms with E-state index in [1.807, 2.05) is 55.5 Å². The van der Waals surface area contributed by atoms with Gasteiger partial charge in [0.1, 0.15) is 5.75 Å². The molecule has 0 unspecified atom stereocenters. The van der Waals surface area contributed by atoms with E-state index >= 15 is 0 Å². The first kappa shape index (κ1) is 20.8. The SMILES string of the molecule is COc1ccc(CCCNC(=O)CSCC(=O)Nc2cccc(C)c2)cc1. The number of ether oxygens (including phenoxy) is 1. The molecule has 2 aromatic rings. The highest BCUT2D eigenvalue weighted by atomic mass is 32.2. The Kier molecular flexibility index (Phi) is 8.71. The van der Waals surface area contributed by atoms with Crippen LogP contribution in [0.5, 0.6) is 5.75 Å². The summed E-state index contributed by atoms with van der Waals surface area (Å²) >= 11 is 1.31. The van der Waals surface area contributed by atoms with Gasteiger partial charge >= 0.3 is 0 Å². The van der Waals surface area contributed by atoms with Crippen LogP contribution >= 0.6 is 11.8 Å². The van der Waals surface area contributed by atoms with Crippen molar-refractivity contribution in [3.8, 4) is 5.75 Å². The topological polar surface area (TPSA) is 67.4 Å². The van der Waals surface area contributed by atoms with Crippen molar-refractivity contribution in [2.24, 2.45) is 0 Å². The van der Waals surface area contributed by atoms with E-state index in [4.69, 9.17) is 4.74 Å². The molecule has 2 aromatic carbocycles. The van der Waals surface area contributed by atoms with Gasteiger partial charge in [-0.05, 0) is 55.2 Å². The number of anilines is 1. The normalized spacial score (nSPS) is 10.3. The van der Waals surface area contributed by atoms with Crippen molar-refractivity contribution in [3.05, 3.63) is 59.7 Å². The highest BCUT2D eigenvalue weighted by Gasteiger charge is 2.06. The van der Waals surface area contributed by atoms with Crippen LogP contribution in [-0.2, 0) is 16.0 Å². The third kappa shape index (κ3) is 8.17. The van der Waals surface area contributed by atoms with Gasteiger partial charge in [-0.2, -0.15) is 0 Å². The van der Waals surface area contributed by atoms with Crippen LogP contribution in [0.25, 0.3) is 0 Å². The van der Waals surface area contributed by atoms with E-state index < -0.39 is 0 Å². The number of benzene rings is 2. The Hall–Kier alpha value is -2.47. The minimum absolute atomic E-state index is 0.0434. The number of carbonyl (C=O) groups is 2. The molecule has 0 aromatic heterocycles. The second kappa shape index (κ2) is 11.3. The maximum absolute atomic E-state index is 11.9. The first-order valence-electron chi connectivity index (χ1n) is 8.90. The van der Waals surface area contributed by atoms with Crippen LogP contribution in [0.2, 0.25) is 0 Å². The highest BCUT2D eigenvalue weighted by molar-refractivity contribution is 8.00. The van der Waals surface area contributed by atoms with E-state index in [9.17, 15) is 9.59 Å². The Labute approximate surface area is 164 Å². The fourth-order valence-corrected chi connectivity index (χ4v) is 3.17. The van der Waals surface area contributed by atoms with Crippen molar-refractivity contribution in [2.75, 3.05) is 30.5 Å². The summed E-state index contributed by atoms with van der Waals surface area (Å²) in [7, 11) is 1.65. The van der Waals surface area contributed by atoms with E-state index in [-0.39, 0.29) is 23.3 Å². The maximum Gasteiger partial charge on any atom is 0.234 e. The number of thioether (sulfide) groups is 1. The van der Waals surface area contributed by atoms with Crippen LogP contribution in [0.1, 0.15) is 17.5 Å². The van der Waals surface area contributed by atoms with Gasteiger partial charge in [-0.25, -0.2) is 0 Å². The first-order valence-corrected chi connectivity index (χ1v) is 10.1. The molecule has 0 saturated heterocycles. The fourth-order valence-electron chi connectivity index (χ4n) is 2.52. The zero-order valence-electron chi connectivity index (χ0n) is 15.8. The van der Waals surface area contributed by atoms with Gasteiger partial charge in [-0.15, -0.1) is 11.8 Å². The number of methoxy groups -OCH3 is 1. The summed E-state index contributed by atoms with van der Waals surface area (Å²) in [5, 5.41) is 5.72. The molecule has 144 valence electrons. The summed E-state index contributed by atoms with van der Waals surface area (Å²) in [5.41, 5.74) is 3.09. The third-order valence-corrected chi connectivity index (χ3v) is 4.82. The molecule has 27 heavy (non-hydrogen) atoms. The van der Waals surface area contributed by atoms with Gasteiger partial charge in [0.05, 0.1) is 18.6 Å². The lowest BCUT2D eigenvalue weighted by Crippen LogP contribution is -2.27. The molecule has 0 radical (unpaired) electrons. The smallest absolute Gasteiger partial charge is 0.234 e. The zero-order chi connectivity index (χ0) is 19.5. The van der Waals surface area contributed by atoms with Crippen molar-refractivity contribution in [3.63, 3.8) is 0 Å². The average Bonchev–Trinajstić information content (AvgIpc) is 2.66. The molecule has 0 fully saturated rings. The van der Waals surface area contributed by atoms with Gasteiger partial charge in [-0.3, -0.25) is 9.59 Å². The maximum atomic E-state index is 11.9. The number of hydrogen-bond donors (Lipinski definition) is 2. The van der Waals surface area contributed by atoms with Gasteiger partial charge in [0.15, 0.2) is 0 Å². The molecular formula is C21H26N2O3S. The number of amides is 2. The summed E-state index contributed by atoms with van der Waals surface area (Å²) in [5.74, 6) is 1.24. The molecule has 0 bridgehead atoms. The Morgan fingerprint density at radius 2 is 1.78 bits per heavy atom. The molecule has 0 spiro atoms. The van der Waals surface area contributed by atoms with Crippen LogP contribution in [0.3, 0.4) is 0 Å². The number of hydrogen-bond acceptors (Lipinski definition) is 4. The third-order valence-electron chi connectivity index (χ3n) is 3.89. The van der Waals surface area contributed by atoms with Crippen molar-refractivity contribution in [2.45, 2.75) is 19.8 Å². The molecule has 0 aliphatic rings. The van der Waals surface area contributed by atoms with Crippen molar-refractivity contribution in [1.29, 1.82) is 0 Å². The van der Waals surface area contributed by atoms with Crippen LogP contribution in [0, 0.1) is 6.92 Å². The summed E-state index contributed by atoms with van der Waals surface area (Å²) in [6.45, 7) is 2.60. The molecule has 5 nitrogen and oxygen atoms in total. The summed E-state index contributed by atoms with van der Waals surface area (Å²) in [6, 6.07) is 15.6. The lowest BCUT2D eigenvalue weighted by molar-refractivity contribution is -0.118. The van der Waals surface area contributed by atoms with Gasteiger partial charge in [-0.1, -0.05) is 24.3 Å². The van der Waals surface area contributed by atoms with Crippen molar-refractivity contribution >= 4 is 29.3 Å². The number of aryl methyl sites for hydroxylation is 2. The predicted molar refractivity (Wildman–Crippen MR) is 111 cm³/mol. The van der Waals surface area contributed by atoms with E-state index in [1.165, 1.54) is 17.3 Å². The minimum atomic E-state index is -0.0992. The van der Waals surface area contributed by atoms with Gasteiger partial charge in [0.25, 0.3) is 0 Å². The molecule has 0 heterocycles. The monoisotopic (exact) mass is 386 g/mol. The van der Waals surface area contributed by atoms with Crippen LogP contribution in [-0.4, -0.2) is 37.0 Å². The molecule has 6 heteroatoms. The van der Waals surface area contributed by atoms with Gasteiger partial charge in [0, 0.05) is 12.2 Å². The van der Waals surface area contributed by atoms with Gasteiger partial charge < -0.3 is 15.4 Å². The Balaban J connectivity index is 1.55. The van der Waals surface area contributed by atoms with Crippen molar-refractivity contribution < 1.29 is 14.3 Å². The molecule has 0 aliphatic heterocycles. The fraction of sp³-hybridized carbons (Fsp3) is 0.333. The quantitative estimate of drug-likeness (QED) is 0.614. The van der Waals surface area contributed by atoms with E-state index in [0.717, 1.165) is 29.8 Å². The lowest BCUT2D eigenvalue weighted by Gasteiger charge is -2.07. The summed E-state index contributed by atoms with van der Waals surface area (Å²) in [4.78, 5) is 23.7. The molecule has 0 saturated carbocycles. The second-order valence-corrected chi connectivity index (χ2v) is 7.20. The lowest BCUT2D eigenvalue weighted by atomic mass is 10.1.